The number of ether oxygens (including phenoxy) is 15. The maximum absolute atomic E-state index is 11.6. The Kier molecular flexibility index (Phi) is 17.7. The van der Waals surface area contributed by atoms with E-state index in [4.69, 9.17) is 71.1 Å². The van der Waals surface area contributed by atoms with E-state index >= 15 is 0 Å². The lowest BCUT2D eigenvalue weighted by Gasteiger charge is -2.49. The van der Waals surface area contributed by atoms with Crippen LogP contribution in [0.4, 0.5) is 0 Å². The summed E-state index contributed by atoms with van der Waals surface area (Å²) in [7, 11) is 1.23. The highest BCUT2D eigenvalue weighted by atomic mass is 16.8. The second-order valence-corrected chi connectivity index (χ2v) is 19.8. The van der Waals surface area contributed by atoms with Crippen LogP contribution in [0, 0.1) is 0 Å². The van der Waals surface area contributed by atoms with Crippen molar-refractivity contribution in [3.05, 3.63) is 0 Å². The molecule has 35 unspecified atom stereocenters. The number of aliphatic hydroxyl groups excluding tert-OH is 13. The predicted octanol–water partition coefficient (Wildman–Crippen LogP) is -7.38. The third kappa shape index (κ3) is 10.8. The van der Waals surface area contributed by atoms with Gasteiger partial charge < -0.3 is 137 Å². The molecule has 71 heavy (non-hydrogen) atoms. The van der Waals surface area contributed by atoms with Crippen LogP contribution in [-0.2, 0) is 71.1 Å². The van der Waals surface area contributed by atoms with Gasteiger partial charge in [-0.05, 0) is 48.5 Å². The van der Waals surface area contributed by atoms with Gasteiger partial charge in [0, 0.05) is 7.11 Å². The summed E-state index contributed by atoms with van der Waals surface area (Å²) in [5, 5.41) is 147. The van der Waals surface area contributed by atoms with E-state index in [1.54, 1.807) is 0 Å². The van der Waals surface area contributed by atoms with Gasteiger partial charge in [0.05, 0.1) is 42.7 Å². The number of hydrogen-bond donors (Lipinski definition) is 13. The Labute approximate surface area is 407 Å². The zero-order chi connectivity index (χ0) is 51.8. The third-order valence-corrected chi connectivity index (χ3v) is 14.7. The van der Waals surface area contributed by atoms with Crippen LogP contribution < -0.4 is 0 Å². The van der Waals surface area contributed by atoms with Gasteiger partial charge >= 0.3 is 0 Å². The van der Waals surface area contributed by atoms with Gasteiger partial charge in [0.15, 0.2) is 44.0 Å². The predicted molar refractivity (Wildman–Crippen MR) is 223 cm³/mol. The summed E-state index contributed by atoms with van der Waals surface area (Å²) in [6, 6.07) is 0. The Bertz CT molecular complexity index is 1730. The summed E-state index contributed by atoms with van der Waals surface area (Å²) in [6.07, 6.45) is -53.7. The van der Waals surface area contributed by atoms with Crippen LogP contribution in [0.5, 0.6) is 0 Å². The minimum atomic E-state index is -1.89. The van der Waals surface area contributed by atoms with Gasteiger partial charge in [-0.3, -0.25) is 0 Å². The highest BCUT2D eigenvalue weighted by molar-refractivity contribution is 5.00. The van der Waals surface area contributed by atoms with Crippen molar-refractivity contribution in [3.63, 3.8) is 0 Å². The van der Waals surface area contributed by atoms with E-state index < -0.39 is 215 Å². The molecule has 0 aromatic rings. The van der Waals surface area contributed by atoms with Crippen LogP contribution in [0.3, 0.4) is 0 Å². The van der Waals surface area contributed by atoms with Crippen molar-refractivity contribution in [2.45, 2.75) is 263 Å². The van der Waals surface area contributed by atoms with Gasteiger partial charge in [-0.15, -0.1) is 0 Å². The van der Waals surface area contributed by atoms with Crippen LogP contribution in [0.1, 0.15) is 48.5 Å². The van der Waals surface area contributed by atoms with Crippen LogP contribution in [0.25, 0.3) is 0 Å². The van der Waals surface area contributed by atoms with Gasteiger partial charge in [0.2, 0.25) is 0 Å². The fourth-order valence-corrected chi connectivity index (χ4v) is 10.5. The molecule has 0 saturated carbocycles. The van der Waals surface area contributed by atoms with Crippen molar-refractivity contribution in [2.24, 2.45) is 0 Å². The van der Waals surface area contributed by atoms with E-state index in [0.29, 0.717) is 0 Å². The molecule has 14 bridgehead atoms. The van der Waals surface area contributed by atoms with Gasteiger partial charge in [-0.25, -0.2) is 0 Å². The van der Waals surface area contributed by atoms with E-state index in [9.17, 15) is 66.4 Å². The Morgan fingerprint density at radius 2 is 0.366 bits per heavy atom. The molecule has 0 aromatic heterocycles. The van der Waals surface area contributed by atoms with E-state index in [-0.39, 0.29) is 0 Å². The highest BCUT2D eigenvalue weighted by Crippen LogP contribution is 2.39. The summed E-state index contributed by atoms with van der Waals surface area (Å²) in [5.41, 5.74) is 0. The first-order valence-electron chi connectivity index (χ1n) is 24.0. The molecule has 0 aliphatic carbocycles. The zero-order valence-electron chi connectivity index (χ0n) is 40.1. The maximum Gasteiger partial charge on any atom is 0.187 e. The number of aliphatic hydroxyl groups is 13. The molecule has 21 rings (SSSR count). The van der Waals surface area contributed by atoms with Crippen molar-refractivity contribution in [1.29, 1.82) is 0 Å². The second-order valence-electron chi connectivity index (χ2n) is 19.8. The Morgan fingerprint density at radius 3 is 0.549 bits per heavy atom. The average molecular weight is 1040 g/mol. The van der Waals surface area contributed by atoms with Crippen molar-refractivity contribution >= 4 is 0 Å². The first-order valence-corrected chi connectivity index (χ1v) is 24.0. The normalized spacial score (nSPS) is 59.0. The van der Waals surface area contributed by atoms with Gasteiger partial charge in [0.25, 0.3) is 0 Å². The highest BCUT2D eigenvalue weighted by Gasteiger charge is 2.58. The van der Waals surface area contributed by atoms with Gasteiger partial charge in [-0.1, -0.05) is 0 Å². The molecule has 0 amide bonds. The Morgan fingerprint density at radius 1 is 0.211 bits per heavy atom. The third-order valence-electron chi connectivity index (χ3n) is 14.7. The minimum absolute atomic E-state index is 1.05. The zero-order valence-corrected chi connectivity index (χ0v) is 40.1. The summed E-state index contributed by atoms with van der Waals surface area (Å²) < 4.78 is 88.5. The average Bonchev–Trinajstić information content (AvgIpc) is 3.32. The van der Waals surface area contributed by atoms with Gasteiger partial charge in [0.1, 0.15) is 128 Å². The number of hydrogen-bond acceptors (Lipinski definition) is 28. The molecule has 0 radical (unpaired) electrons. The number of methoxy groups -OCH3 is 1. The van der Waals surface area contributed by atoms with E-state index in [1.165, 1.54) is 55.6 Å². The molecular weight excluding hydrogens is 964 g/mol. The SMILES string of the molecule is COC1C2OC(C)C(OC3OC(C)C(OC4OC(C)C(OC5OC(C)C(OC6OC(C)C(OC7OC(C)C(OC8OC(C)C(O2)C(O)C8O)C(O)C7O)C(O)C6O)C(O)C5O)C(O)C4O)C(O)C3O)C1O. The molecule has 21 heterocycles. The van der Waals surface area contributed by atoms with Crippen molar-refractivity contribution < 1.29 is 137 Å². The van der Waals surface area contributed by atoms with Crippen molar-refractivity contribution in [3.8, 4) is 0 Å². The quantitative estimate of drug-likeness (QED) is 0.116. The second kappa shape index (κ2) is 22.5. The molecule has 412 valence electrons. The lowest BCUT2D eigenvalue weighted by Crippen LogP contribution is -2.67. The fourth-order valence-electron chi connectivity index (χ4n) is 10.5. The van der Waals surface area contributed by atoms with Crippen molar-refractivity contribution in [1.82, 2.24) is 0 Å². The van der Waals surface area contributed by atoms with Crippen LogP contribution >= 0.6 is 0 Å². The van der Waals surface area contributed by atoms with Crippen LogP contribution in [0.2, 0.25) is 0 Å². The minimum Gasteiger partial charge on any atom is -0.387 e. The van der Waals surface area contributed by atoms with E-state index in [2.05, 4.69) is 0 Å². The summed E-state index contributed by atoms with van der Waals surface area (Å²) in [5.74, 6) is 0. The van der Waals surface area contributed by atoms with Crippen LogP contribution in [-0.4, -0.2) is 288 Å². The monoisotopic (exact) mass is 1040 g/mol. The molecule has 0 aromatic carbocycles. The molecule has 13 N–H and O–H groups in total. The molecule has 0 spiro atoms. The Hall–Kier alpha value is -1.12. The molecular formula is C43H72O28. The first-order chi connectivity index (χ1) is 33.4. The summed E-state index contributed by atoms with van der Waals surface area (Å²) in [4.78, 5) is 0. The smallest absolute Gasteiger partial charge is 0.187 e. The number of rotatable bonds is 1. The molecule has 35 atom stereocenters. The molecule has 28 nitrogen and oxygen atoms in total. The fraction of sp³-hybridized carbons (Fsp3) is 1.00. The molecule has 21 aliphatic heterocycles. The van der Waals surface area contributed by atoms with Crippen LogP contribution in [0.15, 0.2) is 0 Å². The largest absolute Gasteiger partial charge is 0.387 e. The van der Waals surface area contributed by atoms with E-state index in [0.717, 1.165) is 0 Å². The van der Waals surface area contributed by atoms with E-state index in [1.807, 2.05) is 0 Å². The Balaban J connectivity index is 1.03. The summed E-state index contributed by atoms with van der Waals surface area (Å²) >= 11 is 0. The molecule has 21 saturated heterocycles. The lowest BCUT2D eigenvalue weighted by atomic mass is 9.95. The first kappa shape index (κ1) is 56.1. The summed E-state index contributed by atoms with van der Waals surface area (Å²) in [6.45, 7) is 10.2. The van der Waals surface area contributed by atoms with Gasteiger partial charge in [-0.2, -0.15) is 0 Å². The standard InChI is InChI=1S/C43H72O28/c1-9-29-16(44)22(50)38(58-9)66-31-11(3)60-40(24(52)18(31)46)68-33-13(5)62-42(26(54)20(33)48)70-35-15(7)64-43(36(57-8)28(35)56)71-34-14(6)63-41(27(55)21(34)49)69-32-12(4)61-39(25(53)19(32)47)67-30-10(2)59-37(65-29)23(51)17(30)45/h9-56H,1-8H3. The molecule has 21 fully saturated rings. The van der Waals surface area contributed by atoms with Crippen molar-refractivity contribution in [2.75, 3.05) is 7.11 Å². The lowest BCUT2D eigenvalue weighted by molar-refractivity contribution is -0.391. The molecule has 28 heteroatoms. The molecule has 21 aliphatic rings. The maximum atomic E-state index is 11.6. The topological polar surface area (TPSA) is 401 Å².